The Balaban J connectivity index is 2.17. The minimum atomic E-state index is -4.37. The molecule has 1 atom stereocenters. The molecule has 1 nitrogen and oxygen atoms in total. The molecule has 0 aromatic heterocycles. The van der Waals surface area contributed by atoms with Gasteiger partial charge in [-0.3, -0.25) is 0 Å². The third-order valence-electron chi connectivity index (χ3n) is 3.11. The number of rotatable bonds is 3. The average Bonchev–Trinajstić information content (AvgIpc) is 2.42. The van der Waals surface area contributed by atoms with Gasteiger partial charge in [0.15, 0.2) is 0 Å². The molecule has 0 radical (unpaired) electrons. The fourth-order valence-electron chi connectivity index (χ4n) is 1.97. The van der Waals surface area contributed by atoms with Crippen molar-refractivity contribution in [3.05, 3.63) is 69.4 Å². The third-order valence-corrected chi connectivity index (χ3v) is 3.89. The minimum Gasteiger partial charge on any atom is -0.324 e. The number of hydrogen-bond acceptors (Lipinski definition) is 1. The fourth-order valence-corrected chi connectivity index (χ4v) is 2.38. The van der Waals surface area contributed by atoms with Gasteiger partial charge in [0, 0.05) is 10.5 Å². The van der Waals surface area contributed by atoms with Crippen LogP contribution in [-0.2, 0) is 12.6 Å². The van der Waals surface area contributed by atoms with Crippen LogP contribution in [0.5, 0.6) is 0 Å². The Morgan fingerprint density at radius 2 is 1.67 bits per heavy atom. The van der Waals surface area contributed by atoms with Crippen molar-refractivity contribution >= 4 is 15.9 Å². The molecule has 0 saturated carbocycles. The van der Waals surface area contributed by atoms with Crippen molar-refractivity contribution in [2.75, 3.05) is 0 Å². The van der Waals surface area contributed by atoms with Gasteiger partial charge in [0.25, 0.3) is 0 Å². The molecule has 0 amide bonds. The molecule has 1 unspecified atom stereocenters. The summed E-state index contributed by atoms with van der Waals surface area (Å²) in [5, 5.41) is 0. The van der Waals surface area contributed by atoms with Crippen LogP contribution in [0.15, 0.2) is 46.9 Å². The molecule has 0 aliphatic rings. The molecule has 0 fully saturated rings. The highest BCUT2D eigenvalue weighted by Crippen LogP contribution is 2.30. The van der Waals surface area contributed by atoms with Crippen molar-refractivity contribution in [1.82, 2.24) is 0 Å². The highest BCUT2D eigenvalue weighted by molar-refractivity contribution is 9.10. The first kappa shape index (κ1) is 16.0. The topological polar surface area (TPSA) is 26.0 Å². The molecule has 0 spiro atoms. The summed E-state index contributed by atoms with van der Waals surface area (Å²) < 4.78 is 51.4. The lowest BCUT2D eigenvalue weighted by atomic mass is 9.98. The van der Waals surface area contributed by atoms with E-state index in [0.717, 1.165) is 12.1 Å². The van der Waals surface area contributed by atoms with Crippen LogP contribution >= 0.6 is 15.9 Å². The summed E-state index contributed by atoms with van der Waals surface area (Å²) in [5.41, 5.74) is 6.50. The molecule has 0 aliphatic heterocycles. The number of benzene rings is 2. The summed E-state index contributed by atoms with van der Waals surface area (Å²) >= 11 is 3.30. The van der Waals surface area contributed by atoms with Crippen LogP contribution in [0.4, 0.5) is 17.6 Å². The second-order valence-corrected chi connectivity index (χ2v) is 5.52. The lowest BCUT2D eigenvalue weighted by Crippen LogP contribution is -2.14. The van der Waals surface area contributed by atoms with Crippen molar-refractivity contribution in [2.24, 2.45) is 5.73 Å². The second kappa shape index (κ2) is 6.15. The van der Waals surface area contributed by atoms with E-state index in [-0.39, 0.29) is 5.82 Å². The van der Waals surface area contributed by atoms with Gasteiger partial charge in [-0.25, -0.2) is 4.39 Å². The van der Waals surface area contributed by atoms with Crippen LogP contribution in [0.25, 0.3) is 0 Å². The van der Waals surface area contributed by atoms with E-state index in [1.54, 1.807) is 6.07 Å². The van der Waals surface area contributed by atoms with E-state index < -0.39 is 17.8 Å². The lowest BCUT2D eigenvalue weighted by Gasteiger charge is -2.15. The first-order chi connectivity index (χ1) is 9.77. The maximum atomic E-state index is 13.2. The lowest BCUT2D eigenvalue weighted by molar-refractivity contribution is -0.137. The molecular weight excluding hydrogens is 350 g/mol. The number of hydrogen-bond donors (Lipinski definition) is 1. The van der Waals surface area contributed by atoms with Crippen molar-refractivity contribution < 1.29 is 17.6 Å². The molecule has 6 heteroatoms. The zero-order valence-electron chi connectivity index (χ0n) is 10.8. The molecule has 0 saturated heterocycles. The molecule has 0 bridgehead atoms. The summed E-state index contributed by atoms with van der Waals surface area (Å²) in [6.45, 7) is 0. The zero-order chi connectivity index (χ0) is 15.6. The van der Waals surface area contributed by atoms with E-state index in [0.29, 0.717) is 22.0 Å². The van der Waals surface area contributed by atoms with Crippen LogP contribution in [0.2, 0.25) is 0 Å². The Labute approximate surface area is 127 Å². The van der Waals surface area contributed by atoms with Gasteiger partial charge in [-0.15, -0.1) is 0 Å². The summed E-state index contributed by atoms with van der Waals surface area (Å²) in [6.07, 6.45) is -4.04. The van der Waals surface area contributed by atoms with E-state index in [2.05, 4.69) is 15.9 Å². The molecule has 0 aliphatic carbocycles. The average molecular weight is 362 g/mol. The van der Waals surface area contributed by atoms with Crippen LogP contribution in [-0.4, -0.2) is 0 Å². The number of alkyl halides is 3. The Morgan fingerprint density at radius 3 is 2.24 bits per heavy atom. The Bertz CT molecular complexity index is 623. The molecule has 2 aromatic rings. The van der Waals surface area contributed by atoms with Gasteiger partial charge in [-0.05, 0) is 47.9 Å². The standard InChI is InChI=1S/C15H12BrF4N/c16-13-6-5-12(17)7-10(13)8-14(21)9-1-3-11(4-2-9)15(18,19)20/h1-7,14H,8,21H2. The molecule has 0 heterocycles. The van der Waals surface area contributed by atoms with Crippen molar-refractivity contribution in [2.45, 2.75) is 18.6 Å². The van der Waals surface area contributed by atoms with Crippen LogP contribution in [0.3, 0.4) is 0 Å². The van der Waals surface area contributed by atoms with E-state index >= 15 is 0 Å². The Morgan fingerprint density at radius 1 is 1.05 bits per heavy atom. The first-order valence-electron chi connectivity index (χ1n) is 6.14. The summed E-state index contributed by atoms with van der Waals surface area (Å²) in [7, 11) is 0. The molecule has 112 valence electrons. The molecule has 2 rings (SSSR count). The zero-order valence-corrected chi connectivity index (χ0v) is 12.4. The van der Waals surface area contributed by atoms with Crippen LogP contribution < -0.4 is 5.73 Å². The van der Waals surface area contributed by atoms with Crippen LogP contribution in [0, 0.1) is 5.82 Å². The highest BCUT2D eigenvalue weighted by atomic mass is 79.9. The Kier molecular flexibility index (Phi) is 4.68. The quantitative estimate of drug-likeness (QED) is 0.777. The van der Waals surface area contributed by atoms with E-state index in [1.165, 1.54) is 24.3 Å². The second-order valence-electron chi connectivity index (χ2n) is 4.67. The van der Waals surface area contributed by atoms with Gasteiger partial charge in [0.2, 0.25) is 0 Å². The van der Waals surface area contributed by atoms with Gasteiger partial charge in [-0.2, -0.15) is 13.2 Å². The van der Waals surface area contributed by atoms with Gasteiger partial charge in [-0.1, -0.05) is 28.1 Å². The maximum absolute atomic E-state index is 13.2. The minimum absolute atomic E-state index is 0.323. The SMILES string of the molecule is NC(Cc1cc(F)ccc1Br)c1ccc(C(F)(F)F)cc1. The van der Waals surface area contributed by atoms with E-state index in [4.69, 9.17) is 5.73 Å². The fraction of sp³-hybridized carbons (Fsp3) is 0.200. The van der Waals surface area contributed by atoms with E-state index in [1.807, 2.05) is 0 Å². The summed E-state index contributed by atoms with van der Waals surface area (Å²) in [6, 6.07) is 8.42. The smallest absolute Gasteiger partial charge is 0.324 e. The van der Waals surface area contributed by atoms with Gasteiger partial charge < -0.3 is 5.73 Å². The highest BCUT2D eigenvalue weighted by Gasteiger charge is 2.30. The predicted octanol–water partition coefficient (Wildman–Crippen LogP) is 4.85. The maximum Gasteiger partial charge on any atom is 0.416 e. The molecule has 21 heavy (non-hydrogen) atoms. The van der Waals surface area contributed by atoms with Crippen molar-refractivity contribution in [3.63, 3.8) is 0 Å². The number of halogens is 5. The van der Waals surface area contributed by atoms with Crippen molar-refractivity contribution in [1.29, 1.82) is 0 Å². The number of nitrogens with two attached hydrogens (primary N) is 1. The van der Waals surface area contributed by atoms with Crippen LogP contribution in [0.1, 0.15) is 22.7 Å². The largest absolute Gasteiger partial charge is 0.416 e. The van der Waals surface area contributed by atoms with Gasteiger partial charge in [0.05, 0.1) is 5.56 Å². The summed E-state index contributed by atoms with van der Waals surface area (Å²) in [5.74, 6) is -0.382. The van der Waals surface area contributed by atoms with Crippen molar-refractivity contribution in [3.8, 4) is 0 Å². The normalized spacial score (nSPS) is 13.2. The predicted molar refractivity (Wildman–Crippen MR) is 76.2 cm³/mol. The molecular formula is C15H12BrF4N. The Hall–Kier alpha value is -1.40. The van der Waals surface area contributed by atoms with Gasteiger partial charge in [0.1, 0.15) is 5.82 Å². The molecule has 2 aromatic carbocycles. The first-order valence-corrected chi connectivity index (χ1v) is 6.93. The monoisotopic (exact) mass is 361 g/mol. The molecule has 2 N–H and O–H groups in total. The van der Waals surface area contributed by atoms with E-state index in [9.17, 15) is 17.6 Å². The third kappa shape index (κ3) is 4.04. The summed E-state index contributed by atoms with van der Waals surface area (Å²) in [4.78, 5) is 0. The van der Waals surface area contributed by atoms with Gasteiger partial charge >= 0.3 is 6.18 Å².